The van der Waals surface area contributed by atoms with Crippen LogP contribution in [0.4, 0.5) is 4.79 Å². The van der Waals surface area contributed by atoms with Crippen LogP contribution in [-0.4, -0.2) is 23.4 Å². The topological polar surface area (TPSA) is 96.3 Å². The van der Waals surface area contributed by atoms with E-state index in [-0.39, 0.29) is 5.41 Å². The molecule has 0 heterocycles. The van der Waals surface area contributed by atoms with Gasteiger partial charge in [0.05, 0.1) is 17.7 Å². The molecule has 0 spiro atoms. The summed E-state index contributed by atoms with van der Waals surface area (Å²) in [6.07, 6.45) is -1.56. The average molecular weight is 290 g/mol. The molecule has 1 aromatic rings. The van der Waals surface area contributed by atoms with E-state index in [1.165, 1.54) is 0 Å². The fourth-order valence-electron chi connectivity index (χ4n) is 2.11. The molecule has 1 rings (SSSR count). The van der Waals surface area contributed by atoms with Gasteiger partial charge in [0.1, 0.15) is 6.10 Å². The lowest BCUT2D eigenvalue weighted by Crippen LogP contribution is -2.37. The van der Waals surface area contributed by atoms with E-state index < -0.39 is 18.3 Å². The van der Waals surface area contributed by atoms with Gasteiger partial charge >= 0.3 is 6.09 Å². The zero-order valence-electron chi connectivity index (χ0n) is 12.7. The van der Waals surface area contributed by atoms with Crippen molar-refractivity contribution in [1.82, 2.24) is 0 Å². The third kappa shape index (κ3) is 6.28. The minimum Gasteiger partial charge on any atom is -0.443 e. The largest absolute Gasteiger partial charge is 0.443 e. The molecule has 0 aliphatic heterocycles. The molecule has 21 heavy (non-hydrogen) atoms. The molecule has 3 N–H and O–H groups in total. The number of carbonyl (C=O) groups is 1. The monoisotopic (exact) mass is 290 g/mol. The van der Waals surface area contributed by atoms with Crippen molar-refractivity contribution >= 4 is 6.09 Å². The van der Waals surface area contributed by atoms with E-state index in [0.29, 0.717) is 18.4 Å². The summed E-state index contributed by atoms with van der Waals surface area (Å²) in [7, 11) is 0. The van der Waals surface area contributed by atoms with Crippen molar-refractivity contribution in [2.24, 2.45) is 11.1 Å². The number of rotatable bonds is 5. The second-order valence-corrected chi connectivity index (χ2v) is 6.32. The number of aliphatic hydroxyl groups is 1. The molecule has 0 saturated heterocycles. The van der Waals surface area contributed by atoms with Gasteiger partial charge in [-0.05, 0) is 29.5 Å². The van der Waals surface area contributed by atoms with Crippen LogP contribution in [0.25, 0.3) is 0 Å². The lowest BCUT2D eigenvalue weighted by molar-refractivity contribution is -0.0125. The van der Waals surface area contributed by atoms with E-state index in [2.05, 4.69) is 0 Å². The zero-order valence-corrected chi connectivity index (χ0v) is 12.7. The molecule has 0 fully saturated rings. The predicted octanol–water partition coefficient (Wildman–Crippen LogP) is 2.36. The van der Waals surface area contributed by atoms with Gasteiger partial charge in [-0.3, -0.25) is 0 Å². The van der Waals surface area contributed by atoms with Crippen LogP contribution in [0, 0.1) is 16.7 Å². The number of hydrogen-bond acceptors (Lipinski definition) is 4. The number of hydrogen-bond donors (Lipinski definition) is 2. The standard InChI is InChI=1S/C16H22N2O3/c1-16(2,3)9-13(19)14(21-15(18)20)8-11-4-6-12(10-17)7-5-11/h4-7,13-14,19H,8-9H2,1-3H3,(H2,18,20)/t13-,14-/m1/s1. The molecule has 0 bridgehead atoms. The minimum absolute atomic E-state index is 0.0939. The van der Waals surface area contributed by atoms with Gasteiger partial charge in [0.2, 0.25) is 0 Å². The van der Waals surface area contributed by atoms with Gasteiger partial charge in [-0.25, -0.2) is 4.79 Å². The lowest BCUT2D eigenvalue weighted by atomic mass is 9.86. The molecule has 0 saturated carbocycles. The quantitative estimate of drug-likeness (QED) is 0.870. The molecule has 2 atom stereocenters. The number of nitrogens with two attached hydrogens (primary N) is 1. The molecule has 0 radical (unpaired) electrons. The summed E-state index contributed by atoms with van der Waals surface area (Å²) >= 11 is 0. The van der Waals surface area contributed by atoms with Crippen LogP contribution in [0.1, 0.15) is 38.3 Å². The zero-order chi connectivity index (χ0) is 16.0. The van der Waals surface area contributed by atoms with Gasteiger partial charge in [-0.2, -0.15) is 5.26 Å². The number of primary amides is 1. The van der Waals surface area contributed by atoms with Gasteiger partial charge < -0.3 is 15.6 Å². The van der Waals surface area contributed by atoms with E-state index in [9.17, 15) is 9.90 Å². The second kappa shape index (κ2) is 7.09. The fourth-order valence-corrected chi connectivity index (χ4v) is 2.11. The molecule has 5 heteroatoms. The van der Waals surface area contributed by atoms with Gasteiger partial charge in [0.15, 0.2) is 0 Å². The number of carbonyl (C=O) groups excluding carboxylic acids is 1. The Morgan fingerprint density at radius 3 is 2.38 bits per heavy atom. The van der Waals surface area contributed by atoms with Crippen LogP contribution >= 0.6 is 0 Å². The third-order valence-electron chi connectivity index (χ3n) is 3.04. The summed E-state index contributed by atoms with van der Waals surface area (Å²) in [5.41, 5.74) is 6.41. The maximum absolute atomic E-state index is 11.0. The minimum atomic E-state index is -0.901. The van der Waals surface area contributed by atoms with Crippen LogP contribution in [0.15, 0.2) is 24.3 Å². The van der Waals surface area contributed by atoms with Crippen molar-refractivity contribution in [2.75, 3.05) is 0 Å². The van der Waals surface area contributed by atoms with Crippen LogP contribution in [0.3, 0.4) is 0 Å². The van der Waals surface area contributed by atoms with Gasteiger partial charge in [-0.15, -0.1) is 0 Å². The third-order valence-corrected chi connectivity index (χ3v) is 3.04. The fraction of sp³-hybridized carbons (Fsp3) is 0.500. The Morgan fingerprint density at radius 2 is 1.95 bits per heavy atom. The first-order chi connectivity index (χ1) is 9.71. The van der Waals surface area contributed by atoms with Gasteiger partial charge in [0.25, 0.3) is 0 Å². The summed E-state index contributed by atoms with van der Waals surface area (Å²) in [6.45, 7) is 6.00. The first kappa shape index (κ1) is 17.0. The van der Waals surface area contributed by atoms with Crippen molar-refractivity contribution in [1.29, 1.82) is 5.26 Å². The highest BCUT2D eigenvalue weighted by atomic mass is 16.6. The van der Waals surface area contributed by atoms with Gasteiger partial charge in [0, 0.05) is 6.42 Å². The van der Waals surface area contributed by atoms with E-state index >= 15 is 0 Å². The number of benzene rings is 1. The van der Waals surface area contributed by atoms with Crippen molar-refractivity contribution in [2.45, 2.75) is 45.8 Å². The second-order valence-electron chi connectivity index (χ2n) is 6.32. The number of aliphatic hydroxyl groups excluding tert-OH is 1. The van der Waals surface area contributed by atoms with Crippen LogP contribution in [0.2, 0.25) is 0 Å². The summed E-state index contributed by atoms with van der Waals surface area (Å²) in [5.74, 6) is 0. The van der Waals surface area contributed by atoms with E-state index in [1.807, 2.05) is 26.8 Å². The normalized spacial score (nSPS) is 14.0. The highest BCUT2D eigenvalue weighted by Gasteiger charge is 2.27. The van der Waals surface area contributed by atoms with Crippen molar-refractivity contribution in [3.05, 3.63) is 35.4 Å². The molecular weight excluding hydrogens is 268 g/mol. The number of nitriles is 1. The SMILES string of the molecule is CC(C)(C)C[C@@H](O)[C@@H](Cc1ccc(C#N)cc1)OC(N)=O. The summed E-state index contributed by atoms with van der Waals surface area (Å²) in [4.78, 5) is 11.0. The molecule has 1 amide bonds. The molecule has 0 unspecified atom stereocenters. The first-order valence-corrected chi connectivity index (χ1v) is 6.84. The summed E-state index contributed by atoms with van der Waals surface area (Å²) in [6, 6.07) is 8.97. The Hall–Kier alpha value is -2.06. The highest BCUT2D eigenvalue weighted by molar-refractivity contribution is 5.64. The molecular formula is C16H22N2O3. The Bertz CT molecular complexity index is 512. The molecule has 0 aromatic heterocycles. The molecule has 1 aromatic carbocycles. The lowest BCUT2D eigenvalue weighted by Gasteiger charge is -2.28. The smallest absolute Gasteiger partial charge is 0.404 e. The maximum Gasteiger partial charge on any atom is 0.404 e. The van der Waals surface area contributed by atoms with Crippen LogP contribution < -0.4 is 5.73 Å². The van der Waals surface area contributed by atoms with E-state index in [4.69, 9.17) is 15.7 Å². The highest BCUT2D eigenvalue weighted by Crippen LogP contribution is 2.24. The molecule has 0 aliphatic rings. The molecule has 114 valence electrons. The van der Waals surface area contributed by atoms with Crippen molar-refractivity contribution in [3.63, 3.8) is 0 Å². The Kier molecular flexibility index (Phi) is 5.74. The van der Waals surface area contributed by atoms with Crippen molar-refractivity contribution < 1.29 is 14.6 Å². The van der Waals surface area contributed by atoms with E-state index in [0.717, 1.165) is 5.56 Å². The Morgan fingerprint density at radius 1 is 1.38 bits per heavy atom. The number of ether oxygens (including phenoxy) is 1. The maximum atomic E-state index is 11.0. The Labute approximate surface area is 125 Å². The number of nitrogens with zero attached hydrogens (tertiary/aromatic N) is 1. The van der Waals surface area contributed by atoms with Gasteiger partial charge in [-0.1, -0.05) is 32.9 Å². The summed E-state index contributed by atoms with van der Waals surface area (Å²) in [5, 5.41) is 19.0. The molecule has 5 nitrogen and oxygen atoms in total. The van der Waals surface area contributed by atoms with Crippen molar-refractivity contribution in [3.8, 4) is 6.07 Å². The molecule has 0 aliphatic carbocycles. The Balaban J connectivity index is 2.81. The predicted molar refractivity (Wildman–Crippen MR) is 79.4 cm³/mol. The van der Waals surface area contributed by atoms with Crippen LogP contribution in [-0.2, 0) is 11.2 Å². The average Bonchev–Trinajstić information content (AvgIpc) is 2.36. The van der Waals surface area contributed by atoms with Crippen LogP contribution in [0.5, 0.6) is 0 Å². The number of amides is 1. The first-order valence-electron chi connectivity index (χ1n) is 6.84. The van der Waals surface area contributed by atoms with E-state index in [1.54, 1.807) is 24.3 Å². The summed E-state index contributed by atoms with van der Waals surface area (Å²) < 4.78 is 5.04.